The minimum atomic E-state index is -4.45. The van der Waals surface area contributed by atoms with Crippen LogP contribution in [0.25, 0.3) is 0 Å². The Labute approximate surface area is 807 Å². The van der Waals surface area contributed by atoms with E-state index in [2.05, 4.69) is 118 Å². The number of benzene rings is 14. The van der Waals surface area contributed by atoms with Crippen molar-refractivity contribution in [2.24, 2.45) is 0 Å². The van der Waals surface area contributed by atoms with Gasteiger partial charge in [0.2, 0.25) is 17.3 Å². The number of carboxylic acids is 5. The maximum absolute atomic E-state index is 11.6. The molecule has 700 valence electrons. The van der Waals surface area contributed by atoms with Crippen LogP contribution in [0.5, 0.6) is 0 Å². The van der Waals surface area contributed by atoms with Gasteiger partial charge >= 0.3 is 7.54 Å². The van der Waals surface area contributed by atoms with Gasteiger partial charge in [-0.05, 0) is 192 Å². The SMILES string of the molecule is CC(C)c1cc(C(C)C)c(S(=O)(=O)[O-])c(C(C)C)c1.Cc1ccc(C(=O)C(=O)[O-])cc1.Cc1ccc([S+](c2ccc(Cl)cc2)c2ccc(Cl)cc2)cc1.Clc1ccc([S+](c2ccccc2)c2ccc(Cl)cc2)cc1.FB(F)F.O=C([O-])C(=O)c1ccccc1.O=C([O-])C(=O)c1ccccc1.O=C([O-])C(O)(c1ccccc1)c1ccccc1.O=C([O-])C(O)(c1ccccc1)c1ccccc1.[F-]. The molecule has 0 aliphatic heterocycles. The predicted molar refractivity (Wildman–Crippen MR) is 507 cm³/mol. The maximum atomic E-state index is 11.6. The first-order chi connectivity index (χ1) is 63.5. The number of Topliss-reactive ketones (excluding diaryl/α,β-unsaturated/α-hetero) is 3. The van der Waals surface area contributed by atoms with E-state index in [4.69, 9.17) is 46.4 Å². The van der Waals surface area contributed by atoms with Gasteiger partial charge in [0.05, 0.1) is 38.6 Å². The molecule has 0 spiro atoms. The standard InChI is InChI=1S/C19H15Cl2S.C18H13Cl2S.C15H24O3S.2C14H12O3.C9H8O3.2C8H6O3.BF3.FH/c1-14-2-8-17(9-3-14)22(18-10-4-15(20)5-11-18)19-12-6-16(21)7-13-19;19-14-6-10-17(11-7-14)21(16-4-2-1-3-5-16)18-12-8-15(20)9-13-18;1-9(2)12-7-13(10(3)4)15(19(16,17)18)14(8-12)11(5)6;2*15-13(16)14(17,11-7-3-1-4-8-11)12-9-5-2-6-10-12;1-6-2-4-7(5-3-6)8(10)9(11)12;2*9-7(8(10)11)6-4-2-1-3-5-6;2-1(3)4;/h2-13H,1H3;1-13H;7-11H,1-6H3,(H,16,17,18);2*1-10,17H,(H,15,16);2-5H,1H3,(H,11,12);2*1-5H,(H,10,11);;1H/q2*+1;;;;;;;;/p-7. The zero-order chi connectivity index (χ0) is 99.0. The Balaban J connectivity index is 0.000000274. The fourth-order valence-electron chi connectivity index (χ4n) is 12.3. The van der Waals surface area contributed by atoms with E-state index in [0.29, 0.717) is 17.0 Å². The van der Waals surface area contributed by atoms with Crippen LogP contribution in [0.2, 0.25) is 20.1 Å². The molecule has 2 N–H and O–H groups in total. The number of carbonyl (C=O) groups is 8. The van der Waals surface area contributed by atoms with Gasteiger partial charge in [0.15, 0.2) is 40.6 Å². The summed E-state index contributed by atoms with van der Waals surface area (Å²) in [6.45, 7) is 15.7. The van der Waals surface area contributed by atoms with Gasteiger partial charge in [0.1, 0.15) is 28.0 Å². The van der Waals surface area contributed by atoms with Crippen LogP contribution >= 0.6 is 46.4 Å². The first-order valence-electron chi connectivity index (χ1n) is 40.7. The lowest BCUT2D eigenvalue weighted by atomic mass is 9.86. The van der Waals surface area contributed by atoms with Crippen molar-refractivity contribution in [3.8, 4) is 0 Å². The molecular formula is C105H90BCl4F4O18S3-5. The zero-order valence-electron chi connectivity index (χ0n) is 73.7. The molecule has 0 aliphatic carbocycles. The molecule has 0 aromatic heterocycles. The zero-order valence-corrected chi connectivity index (χ0v) is 79.2. The lowest BCUT2D eigenvalue weighted by Gasteiger charge is -2.30. The highest BCUT2D eigenvalue weighted by Gasteiger charge is 2.35. The van der Waals surface area contributed by atoms with Gasteiger partial charge in [-0.25, -0.2) is 8.42 Å². The molecule has 14 aromatic carbocycles. The summed E-state index contributed by atoms with van der Waals surface area (Å²) in [5.41, 5.74) is 1.97. The summed E-state index contributed by atoms with van der Waals surface area (Å²) in [6.07, 6.45) is 0. The summed E-state index contributed by atoms with van der Waals surface area (Å²) < 4.78 is 63.8. The van der Waals surface area contributed by atoms with E-state index in [1.807, 2.05) is 101 Å². The Morgan fingerprint density at radius 3 is 0.711 bits per heavy atom. The summed E-state index contributed by atoms with van der Waals surface area (Å²) in [6, 6.07) is 110. The molecule has 0 bridgehead atoms. The van der Waals surface area contributed by atoms with Gasteiger partial charge in [-0.3, -0.25) is 27.3 Å². The molecule has 0 amide bonds. The van der Waals surface area contributed by atoms with Gasteiger partial charge in [0, 0.05) is 36.8 Å². The maximum Gasteiger partial charge on any atom is 0.762 e. The average Bonchev–Trinajstić information content (AvgIpc) is 0.782. The second kappa shape index (κ2) is 55.6. The Hall–Kier alpha value is -13.1. The summed E-state index contributed by atoms with van der Waals surface area (Å²) in [5.74, 6) is -10.7. The number of aryl methyl sites for hydroxylation is 2. The smallest absolute Gasteiger partial charge is 0.762 e. The predicted octanol–water partition coefficient (Wildman–Crippen LogP) is 14.8. The highest BCUT2D eigenvalue weighted by Crippen LogP contribution is 2.38. The number of aliphatic carboxylic acids is 5. The van der Waals surface area contributed by atoms with E-state index >= 15 is 0 Å². The average molecular weight is 1960 g/mol. The second-order valence-corrected chi connectivity index (χ2v) is 36.8. The van der Waals surface area contributed by atoms with E-state index in [9.17, 15) is 100 Å². The molecule has 135 heavy (non-hydrogen) atoms. The molecule has 0 heterocycles. The largest absolute Gasteiger partial charge is 1.00 e. The first kappa shape index (κ1) is 112. The molecule has 0 aliphatic rings. The number of rotatable bonds is 22. The van der Waals surface area contributed by atoms with Crippen molar-refractivity contribution in [3.05, 3.63) is 457 Å². The third kappa shape index (κ3) is 35.0. The lowest BCUT2D eigenvalue weighted by Crippen LogP contribution is -3.00. The van der Waals surface area contributed by atoms with Gasteiger partial charge in [0.25, 0.3) is 0 Å². The molecule has 0 radical (unpaired) electrons. The molecule has 0 atom stereocenters. The molecular weight excluding hydrogens is 1870 g/mol. The topological polar surface area (TPSA) is 350 Å². The van der Waals surface area contributed by atoms with Crippen LogP contribution in [0.4, 0.5) is 12.9 Å². The molecule has 14 rings (SSSR count). The van der Waals surface area contributed by atoms with E-state index < -0.39 is 76.1 Å². The van der Waals surface area contributed by atoms with Crippen molar-refractivity contribution < 1.29 is 105 Å². The van der Waals surface area contributed by atoms with E-state index in [1.54, 1.807) is 170 Å². The highest BCUT2D eigenvalue weighted by molar-refractivity contribution is 7.97. The fourth-order valence-corrected chi connectivity index (χ4v) is 18.0. The molecule has 30 heteroatoms. The molecule has 0 saturated carbocycles. The number of aliphatic hydroxyl groups is 2. The van der Waals surface area contributed by atoms with Crippen LogP contribution in [0.15, 0.2) is 404 Å². The third-order valence-electron chi connectivity index (χ3n) is 19.1. The minimum Gasteiger partial charge on any atom is -1.00 e. The van der Waals surface area contributed by atoms with Gasteiger partial charge in [-0.1, -0.05) is 348 Å². The molecule has 18 nitrogen and oxygen atoms in total. The fraction of sp³-hybridized carbons (Fsp3) is 0.124. The third-order valence-corrected chi connectivity index (χ3v) is 25.5. The molecule has 0 fully saturated rings. The van der Waals surface area contributed by atoms with Crippen LogP contribution in [-0.4, -0.2) is 77.9 Å². The van der Waals surface area contributed by atoms with Crippen molar-refractivity contribution in [2.75, 3.05) is 0 Å². The van der Waals surface area contributed by atoms with Crippen LogP contribution in [-0.2, 0) is 67.1 Å². The number of ketones is 3. The molecule has 0 unspecified atom stereocenters. The second-order valence-electron chi connectivity index (χ2n) is 29.7. The first-order valence-corrected chi connectivity index (χ1v) is 46.1. The van der Waals surface area contributed by atoms with Gasteiger partial charge < -0.3 is 69.0 Å². The Morgan fingerprint density at radius 1 is 0.319 bits per heavy atom. The normalized spacial score (nSPS) is 10.6. The van der Waals surface area contributed by atoms with Gasteiger partial charge in [-0.2, -0.15) is 0 Å². The summed E-state index contributed by atoms with van der Waals surface area (Å²) in [5, 5.41) is 76.5. The van der Waals surface area contributed by atoms with Crippen molar-refractivity contribution in [1.29, 1.82) is 0 Å². The molecule has 14 aromatic rings. The van der Waals surface area contributed by atoms with Crippen LogP contribution in [0.3, 0.4) is 0 Å². The van der Waals surface area contributed by atoms with Crippen molar-refractivity contribution in [3.63, 3.8) is 0 Å². The Morgan fingerprint density at radius 2 is 0.511 bits per heavy atom. The Kier molecular flexibility index (Phi) is 46.3. The quantitative estimate of drug-likeness (QED) is 0.0159. The van der Waals surface area contributed by atoms with Crippen LogP contribution in [0.1, 0.15) is 140 Å². The van der Waals surface area contributed by atoms with E-state index in [0.717, 1.165) is 31.2 Å². The lowest BCUT2D eigenvalue weighted by molar-refractivity contribution is -0.323. The monoisotopic (exact) mass is 1960 g/mol. The van der Waals surface area contributed by atoms with Crippen LogP contribution in [0, 0.1) is 13.8 Å². The summed E-state index contributed by atoms with van der Waals surface area (Å²) in [7, 11) is -8.42. The number of hydrogen-bond acceptors (Lipinski definition) is 18. The summed E-state index contributed by atoms with van der Waals surface area (Å²) >= 11 is 24.1. The van der Waals surface area contributed by atoms with Crippen molar-refractivity contribution >= 4 is 133 Å². The van der Waals surface area contributed by atoms with Crippen molar-refractivity contribution in [2.45, 2.75) is 119 Å². The highest BCUT2D eigenvalue weighted by atomic mass is 35.5. The molecule has 0 saturated heterocycles. The van der Waals surface area contributed by atoms with Gasteiger partial charge in [-0.15, -0.1) is 0 Å². The number of carboxylic acid groups (broad SMARTS) is 5. The Bertz CT molecular complexity index is 5800. The minimum absolute atomic E-state index is 0. The van der Waals surface area contributed by atoms with Crippen LogP contribution < -0.4 is 30.2 Å². The number of carbonyl (C=O) groups excluding carboxylic acids is 8. The summed E-state index contributed by atoms with van der Waals surface area (Å²) in [4.78, 5) is 92.4. The van der Waals surface area contributed by atoms with E-state index in [1.165, 1.54) is 71.3 Å². The number of halogens is 8. The number of hydrogen-bond donors (Lipinski definition) is 2. The van der Waals surface area contributed by atoms with E-state index in [-0.39, 0.29) is 82.2 Å². The van der Waals surface area contributed by atoms with Crippen molar-refractivity contribution in [1.82, 2.24) is 0 Å².